The average Bonchev–Trinajstić information content (AvgIpc) is 2.37. The van der Waals surface area contributed by atoms with Gasteiger partial charge in [-0.3, -0.25) is 0 Å². The molecule has 100 valence electrons. The normalized spacial score (nSPS) is 11.9. The molecule has 0 unspecified atom stereocenters. The van der Waals surface area contributed by atoms with Crippen LogP contribution in [0.25, 0.3) is 0 Å². The van der Waals surface area contributed by atoms with Gasteiger partial charge in [0.25, 0.3) is 0 Å². The predicted molar refractivity (Wildman–Crippen MR) is 68.9 cm³/mol. The van der Waals surface area contributed by atoms with Crippen molar-refractivity contribution in [2.75, 3.05) is 25.1 Å². The number of rotatable bonds is 6. The fourth-order valence-electron chi connectivity index (χ4n) is 1.39. The number of oxime groups is 1. The molecule has 0 saturated heterocycles. The van der Waals surface area contributed by atoms with Crippen LogP contribution in [0.4, 0.5) is 5.82 Å². The molecule has 0 aliphatic carbocycles. The number of hydrogen-bond donors (Lipinski definition) is 2. The van der Waals surface area contributed by atoms with E-state index in [0.717, 1.165) is 0 Å². The lowest BCUT2D eigenvalue weighted by Gasteiger charge is -2.20. The van der Waals surface area contributed by atoms with Crippen LogP contribution in [0.3, 0.4) is 0 Å². The molecule has 0 aromatic carbocycles. The van der Waals surface area contributed by atoms with Crippen molar-refractivity contribution in [1.82, 2.24) is 10.2 Å². The zero-order valence-corrected chi connectivity index (χ0v) is 10.9. The van der Waals surface area contributed by atoms with Gasteiger partial charge in [0.2, 0.25) is 0 Å². The minimum Gasteiger partial charge on any atom is -0.409 e. The van der Waals surface area contributed by atoms with Crippen molar-refractivity contribution in [3.05, 3.63) is 17.8 Å². The second-order valence-corrected chi connectivity index (χ2v) is 4.09. The van der Waals surface area contributed by atoms with E-state index in [-0.39, 0.29) is 11.9 Å². The van der Waals surface area contributed by atoms with Gasteiger partial charge in [0.15, 0.2) is 11.7 Å². The van der Waals surface area contributed by atoms with Crippen LogP contribution in [-0.2, 0) is 4.74 Å². The zero-order valence-electron chi connectivity index (χ0n) is 10.9. The lowest BCUT2D eigenvalue weighted by molar-refractivity contribution is 0.0845. The van der Waals surface area contributed by atoms with E-state index >= 15 is 0 Å². The molecule has 0 spiro atoms. The first-order valence-electron chi connectivity index (χ1n) is 5.68. The lowest BCUT2D eigenvalue weighted by atomic mass is 10.2. The number of aromatic nitrogens is 2. The van der Waals surface area contributed by atoms with Crippen molar-refractivity contribution >= 4 is 11.7 Å². The third-order valence-electron chi connectivity index (χ3n) is 2.32. The molecular formula is C11H19N5O2. The maximum absolute atomic E-state index is 8.71. The van der Waals surface area contributed by atoms with E-state index in [4.69, 9.17) is 15.7 Å². The molecule has 0 atom stereocenters. The fourth-order valence-corrected chi connectivity index (χ4v) is 1.39. The van der Waals surface area contributed by atoms with Crippen LogP contribution in [-0.4, -0.2) is 47.5 Å². The molecule has 1 aromatic heterocycles. The number of hydrogen-bond acceptors (Lipinski definition) is 6. The van der Waals surface area contributed by atoms with E-state index in [9.17, 15) is 0 Å². The standard InChI is InChI=1S/C11H19N5O2/c1-8(2)18-7-6-16(3)11-9(10(12)15-17)4-5-13-14-11/h4-5,8,17H,6-7H2,1-3H3,(H2,12,15). The van der Waals surface area contributed by atoms with Crippen LogP contribution in [0, 0.1) is 0 Å². The Labute approximate surface area is 106 Å². The Morgan fingerprint density at radius 1 is 1.61 bits per heavy atom. The van der Waals surface area contributed by atoms with Gasteiger partial charge in [0.1, 0.15) is 0 Å². The molecule has 0 aliphatic heterocycles. The highest BCUT2D eigenvalue weighted by atomic mass is 16.5. The summed E-state index contributed by atoms with van der Waals surface area (Å²) in [5, 5.41) is 19.5. The highest BCUT2D eigenvalue weighted by Crippen LogP contribution is 2.14. The minimum atomic E-state index is 0.0107. The van der Waals surface area contributed by atoms with Gasteiger partial charge >= 0.3 is 0 Å². The highest BCUT2D eigenvalue weighted by molar-refractivity contribution is 6.01. The van der Waals surface area contributed by atoms with Gasteiger partial charge in [0.05, 0.1) is 24.5 Å². The molecule has 1 rings (SSSR count). The van der Waals surface area contributed by atoms with E-state index in [1.54, 1.807) is 6.07 Å². The van der Waals surface area contributed by atoms with Crippen LogP contribution in [0.1, 0.15) is 19.4 Å². The molecule has 1 aromatic rings. The fraction of sp³-hybridized carbons (Fsp3) is 0.545. The second-order valence-electron chi connectivity index (χ2n) is 4.09. The number of amidine groups is 1. The summed E-state index contributed by atoms with van der Waals surface area (Å²) < 4.78 is 5.46. The van der Waals surface area contributed by atoms with Crippen LogP contribution in [0.2, 0.25) is 0 Å². The summed E-state index contributed by atoms with van der Waals surface area (Å²) in [6.07, 6.45) is 1.68. The summed E-state index contributed by atoms with van der Waals surface area (Å²) in [6.45, 7) is 5.16. The van der Waals surface area contributed by atoms with Crippen LogP contribution in [0.5, 0.6) is 0 Å². The van der Waals surface area contributed by atoms with Gasteiger partial charge < -0.3 is 20.6 Å². The van der Waals surface area contributed by atoms with Crippen molar-refractivity contribution in [3.63, 3.8) is 0 Å². The summed E-state index contributed by atoms with van der Waals surface area (Å²) in [5.74, 6) is 0.566. The van der Waals surface area contributed by atoms with Crippen LogP contribution < -0.4 is 10.6 Å². The van der Waals surface area contributed by atoms with Crippen molar-refractivity contribution in [1.29, 1.82) is 0 Å². The van der Waals surface area contributed by atoms with Crippen molar-refractivity contribution in [2.45, 2.75) is 20.0 Å². The summed E-state index contributed by atoms with van der Waals surface area (Å²) in [6, 6.07) is 1.65. The molecule has 7 heteroatoms. The summed E-state index contributed by atoms with van der Waals surface area (Å²) in [4.78, 5) is 1.85. The molecular weight excluding hydrogens is 234 g/mol. The average molecular weight is 253 g/mol. The first-order chi connectivity index (χ1) is 8.56. The first kappa shape index (κ1) is 14.2. The SMILES string of the molecule is CC(C)OCCN(C)c1nnccc1/C(N)=N/O. The van der Waals surface area contributed by atoms with Crippen molar-refractivity contribution < 1.29 is 9.94 Å². The summed E-state index contributed by atoms with van der Waals surface area (Å²) >= 11 is 0. The number of likely N-dealkylation sites (N-methyl/N-ethyl adjacent to an activating group) is 1. The Morgan fingerprint density at radius 2 is 2.33 bits per heavy atom. The molecule has 0 aliphatic rings. The Kier molecular flexibility index (Phi) is 5.31. The van der Waals surface area contributed by atoms with E-state index in [1.807, 2.05) is 25.8 Å². The number of nitrogens with zero attached hydrogens (tertiary/aromatic N) is 4. The number of anilines is 1. The number of nitrogens with two attached hydrogens (primary N) is 1. The molecule has 0 bridgehead atoms. The molecule has 0 radical (unpaired) electrons. The minimum absolute atomic E-state index is 0.0107. The summed E-state index contributed by atoms with van der Waals surface area (Å²) in [7, 11) is 1.85. The van der Waals surface area contributed by atoms with E-state index in [2.05, 4.69) is 15.4 Å². The second kappa shape index (κ2) is 6.75. The molecule has 0 fully saturated rings. The Hall–Kier alpha value is -1.89. The van der Waals surface area contributed by atoms with Gasteiger partial charge in [-0.25, -0.2) is 0 Å². The van der Waals surface area contributed by atoms with Crippen LogP contribution in [0.15, 0.2) is 17.4 Å². The smallest absolute Gasteiger partial charge is 0.173 e. The van der Waals surface area contributed by atoms with Gasteiger partial charge in [-0.1, -0.05) is 5.16 Å². The molecule has 7 nitrogen and oxygen atoms in total. The van der Waals surface area contributed by atoms with Crippen molar-refractivity contribution in [3.8, 4) is 0 Å². The van der Waals surface area contributed by atoms with Gasteiger partial charge in [-0.15, -0.1) is 5.10 Å². The topological polar surface area (TPSA) is 96.9 Å². The van der Waals surface area contributed by atoms with Gasteiger partial charge in [-0.05, 0) is 19.9 Å². The monoisotopic (exact) mass is 253 g/mol. The Morgan fingerprint density at radius 3 is 2.94 bits per heavy atom. The molecule has 3 N–H and O–H groups in total. The quantitative estimate of drug-likeness (QED) is 0.330. The molecule has 0 saturated carbocycles. The molecule has 1 heterocycles. The maximum atomic E-state index is 8.71. The van der Waals surface area contributed by atoms with E-state index < -0.39 is 0 Å². The van der Waals surface area contributed by atoms with Gasteiger partial charge in [-0.2, -0.15) is 5.10 Å². The predicted octanol–water partition coefficient (Wildman–Crippen LogP) is 0.432. The Bertz CT molecular complexity index is 408. The third kappa shape index (κ3) is 3.85. The zero-order chi connectivity index (χ0) is 13.5. The number of ether oxygens (including phenoxy) is 1. The van der Waals surface area contributed by atoms with Crippen molar-refractivity contribution in [2.24, 2.45) is 10.9 Å². The third-order valence-corrected chi connectivity index (χ3v) is 2.32. The first-order valence-corrected chi connectivity index (χ1v) is 5.68. The molecule has 0 amide bonds. The lowest BCUT2D eigenvalue weighted by Crippen LogP contribution is -2.28. The molecule has 18 heavy (non-hydrogen) atoms. The van der Waals surface area contributed by atoms with E-state index in [1.165, 1.54) is 6.20 Å². The van der Waals surface area contributed by atoms with E-state index in [0.29, 0.717) is 24.5 Å². The van der Waals surface area contributed by atoms with Gasteiger partial charge in [0, 0.05) is 13.6 Å². The van der Waals surface area contributed by atoms with Crippen LogP contribution >= 0.6 is 0 Å². The maximum Gasteiger partial charge on any atom is 0.173 e. The summed E-state index contributed by atoms with van der Waals surface area (Å²) in [5.41, 5.74) is 6.13. The highest BCUT2D eigenvalue weighted by Gasteiger charge is 2.12. The Balaban J connectivity index is 2.76. The largest absolute Gasteiger partial charge is 0.409 e.